The fourth-order valence-electron chi connectivity index (χ4n) is 4.39. The molecule has 1 saturated carbocycles. The molecule has 7 heteroatoms. The zero-order chi connectivity index (χ0) is 19.2. The molecule has 2 fully saturated rings. The van der Waals surface area contributed by atoms with Crippen LogP contribution in [0.25, 0.3) is 0 Å². The SMILES string of the molecule is COc1cc(CCCO[C@H]2CCCCC2N2CC[C@@H](O)C2)cc(Cl)c1OC.Cl. The van der Waals surface area contributed by atoms with E-state index in [1.165, 1.54) is 19.3 Å². The summed E-state index contributed by atoms with van der Waals surface area (Å²) in [5.74, 6) is 1.25. The molecule has 1 aliphatic heterocycles. The van der Waals surface area contributed by atoms with E-state index in [1.807, 2.05) is 12.1 Å². The number of aliphatic hydroxyl groups excluding tert-OH is 1. The summed E-state index contributed by atoms with van der Waals surface area (Å²) in [7, 11) is 3.22. The van der Waals surface area contributed by atoms with Gasteiger partial charge >= 0.3 is 0 Å². The minimum atomic E-state index is -0.164. The Kier molecular flexibility index (Phi) is 9.64. The largest absolute Gasteiger partial charge is 0.493 e. The van der Waals surface area contributed by atoms with Crippen LogP contribution >= 0.6 is 24.0 Å². The molecule has 0 radical (unpaired) electrons. The van der Waals surface area contributed by atoms with Gasteiger partial charge in [0.25, 0.3) is 0 Å². The summed E-state index contributed by atoms with van der Waals surface area (Å²) >= 11 is 6.29. The van der Waals surface area contributed by atoms with Gasteiger partial charge in [-0.15, -0.1) is 12.4 Å². The van der Waals surface area contributed by atoms with E-state index in [9.17, 15) is 5.11 Å². The number of methoxy groups -OCH3 is 2. The minimum Gasteiger partial charge on any atom is -0.493 e. The van der Waals surface area contributed by atoms with Crippen LogP contribution in [0, 0.1) is 0 Å². The lowest BCUT2D eigenvalue weighted by Gasteiger charge is -2.37. The predicted octanol–water partition coefficient (Wildman–Crippen LogP) is 4.11. The monoisotopic (exact) mass is 433 g/mol. The van der Waals surface area contributed by atoms with Gasteiger partial charge in [0.1, 0.15) is 0 Å². The molecule has 28 heavy (non-hydrogen) atoms. The second-order valence-electron chi connectivity index (χ2n) is 7.62. The molecule has 0 spiro atoms. The Morgan fingerprint density at radius 1 is 1.14 bits per heavy atom. The Morgan fingerprint density at radius 3 is 2.61 bits per heavy atom. The summed E-state index contributed by atoms with van der Waals surface area (Å²) in [5, 5.41) is 10.4. The van der Waals surface area contributed by atoms with Gasteiger partial charge in [-0.25, -0.2) is 0 Å². The summed E-state index contributed by atoms with van der Waals surface area (Å²) in [4.78, 5) is 2.43. The third kappa shape index (κ3) is 5.90. The maximum absolute atomic E-state index is 9.85. The number of rotatable bonds is 8. The van der Waals surface area contributed by atoms with Crippen LogP contribution in [0.3, 0.4) is 0 Å². The number of hydrogen-bond donors (Lipinski definition) is 1. The third-order valence-corrected chi connectivity index (χ3v) is 6.05. The number of aryl methyl sites for hydroxylation is 1. The van der Waals surface area contributed by atoms with Crippen LogP contribution in [0.2, 0.25) is 5.02 Å². The van der Waals surface area contributed by atoms with Crippen molar-refractivity contribution in [3.8, 4) is 11.5 Å². The first-order valence-corrected chi connectivity index (χ1v) is 10.4. The van der Waals surface area contributed by atoms with E-state index in [0.717, 1.165) is 50.9 Å². The fraction of sp³-hybridized carbons (Fsp3) is 0.714. The second kappa shape index (κ2) is 11.5. The lowest BCUT2D eigenvalue weighted by atomic mass is 9.91. The molecule has 2 aliphatic rings. The van der Waals surface area contributed by atoms with E-state index in [-0.39, 0.29) is 24.6 Å². The molecule has 0 bridgehead atoms. The van der Waals surface area contributed by atoms with Crippen LogP contribution in [0.1, 0.15) is 44.1 Å². The van der Waals surface area contributed by atoms with Gasteiger partial charge in [-0.2, -0.15) is 0 Å². The van der Waals surface area contributed by atoms with Crippen LogP contribution in [-0.2, 0) is 11.2 Å². The van der Waals surface area contributed by atoms with Crippen LogP contribution in [0.4, 0.5) is 0 Å². The van der Waals surface area contributed by atoms with Gasteiger partial charge in [-0.1, -0.05) is 24.4 Å². The van der Waals surface area contributed by atoms with Gasteiger partial charge in [0.2, 0.25) is 0 Å². The lowest BCUT2D eigenvalue weighted by Crippen LogP contribution is -2.46. The highest BCUT2D eigenvalue weighted by Gasteiger charge is 2.34. The Hall–Kier alpha value is -0.720. The molecule has 0 aromatic heterocycles. The Balaban J connectivity index is 0.00000280. The third-order valence-electron chi connectivity index (χ3n) is 5.77. The lowest BCUT2D eigenvalue weighted by molar-refractivity contribution is -0.0333. The Morgan fingerprint density at radius 2 is 1.93 bits per heavy atom. The standard InChI is InChI=1S/C21H32ClNO4.ClH/c1-25-20-13-15(12-17(22)21(20)26-2)6-5-11-27-19-8-4-3-7-18(19)23-10-9-16(24)14-23;/h12-13,16,18-19,24H,3-11,14H2,1-2H3;1H/t16-,18?,19+;/m1./s1. The highest BCUT2D eigenvalue weighted by Crippen LogP contribution is 2.36. The van der Waals surface area contributed by atoms with Crippen molar-refractivity contribution in [1.29, 1.82) is 0 Å². The summed E-state index contributed by atoms with van der Waals surface area (Å²) in [6, 6.07) is 4.39. The van der Waals surface area contributed by atoms with Crippen molar-refractivity contribution in [3.05, 3.63) is 22.7 Å². The predicted molar refractivity (Wildman–Crippen MR) is 114 cm³/mol. The number of aliphatic hydroxyl groups is 1. The first-order chi connectivity index (χ1) is 13.1. The maximum Gasteiger partial charge on any atom is 0.179 e. The van der Waals surface area contributed by atoms with E-state index in [0.29, 0.717) is 22.6 Å². The van der Waals surface area contributed by atoms with Crippen LogP contribution in [0.5, 0.6) is 11.5 Å². The van der Waals surface area contributed by atoms with E-state index in [2.05, 4.69) is 4.90 Å². The summed E-state index contributed by atoms with van der Waals surface area (Å²) in [6.07, 6.45) is 7.66. The van der Waals surface area contributed by atoms with Crippen molar-refractivity contribution in [2.45, 2.75) is 63.2 Å². The van der Waals surface area contributed by atoms with E-state index in [1.54, 1.807) is 14.2 Å². The molecular weight excluding hydrogens is 401 g/mol. The molecule has 1 N–H and O–H groups in total. The highest BCUT2D eigenvalue weighted by molar-refractivity contribution is 6.32. The molecular formula is C21H33Cl2NO4. The van der Waals surface area contributed by atoms with Crippen LogP contribution < -0.4 is 9.47 Å². The van der Waals surface area contributed by atoms with Crippen molar-refractivity contribution in [3.63, 3.8) is 0 Å². The second-order valence-corrected chi connectivity index (χ2v) is 8.02. The number of hydrogen-bond acceptors (Lipinski definition) is 5. The van der Waals surface area contributed by atoms with Gasteiger partial charge in [-0.3, -0.25) is 4.90 Å². The number of halogens is 2. The molecule has 1 unspecified atom stereocenters. The van der Waals surface area contributed by atoms with Crippen molar-refractivity contribution < 1.29 is 19.3 Å². The number of ether oxygens (including phenoxy) is 3. The molecule has 1 saturated heterocycles. The average molecular weight is 434 g/mol. The van der Waals surface area contributed by atoms with Crippen LogP contribution in [-0.4, -0.2) is 62.2 Å². The number of β-amino-alcohol motifs (C(OH)–C–C–N with tert-alkyl or cyclic N) is 1. The van der Waals surface area contributed by atoms with E-state index >= 15 is 0 Å². The summed E-state index contributed by atoms with van der Waals surface area (Å²) < 4.78 is 16.9. The average Bonchev–Trinajstić information content (AvgIpc) is 3.11. The number of likely N-dealkylation sites (tertiary alicyclic amines) is 1. The molecule has 160 valence electrons. The fourth-order valence-corrected chi connectivity index (χ4v) is 4.70. The smallest absolute Gasteiger partial charge is 0.179 e. The molecule has 1 aromatic carbocycles. The molecule has 0 amide bonds. The van der Waals surface area contributed by atoms with Crippen LogP contribution in [0.15, 0.2) is 12.1 Å². The topological polar surface area (TPSA) is 51.2 Å². The van der Waals surface area contributed by atoms with Crippen molar-refractivity contribution in [2.75, 3.05) is 33.9 Å². The van der Waals surface area contributed by atoms with E-state index < -0.39 is 0 Å². The van der Waals surface area contributed by atoms with Gasteiger partial charge < -0.3 is 19.3 Å². The van der Waals surface area contributed by atoms with E-state index in [4.69, 9.17) is 25.8 Å². The Bertz CT molecular complexity index is 616. The number of benzene rings is 1. The maximum atomic E-state index is 9.85. The summed E-state index contributed by atoms with van der Waals surface area (Å²) in [5.41, 5.74) is 1.13. The zero-order valence-corrected chi connectivity index (χ0v) is 18.4. The van der Waals surface area contributed by atoms with Crippen molar-refractivity contribution in [1.82, 2.24) is 4.90 Å². The zero-order valence-electron chi connectivity index (χ0n) is 16.9. The number of nitrogens with zero attached hydrogens (tertiary/aromatic N) is 1. The molecule has 1 aliphatic carbocycles. The molecule has 5 nitrogen and oxygen atoms in total. The first kappa shape index (κ1) is 23.6. The minimum absolute atomic E-state index is 0. The first-order valence-electron chi connectivity index (χ1n) is 10.1. The molecule has 1 aromatic rings. The van der Waals surface area contributed by atoms with Gasteiger partial charge in [0, 0.05) is 25.7 Å². The van der Waals surface area contributed by atoms with Crippen molar-refractivity contribution >= 4 is 24.0 Å². The van der Waals surface area contributed by atoms with Gasteiger partial charge in [0.15, 0.2) is 11.5 Å². The molecule has 3 atom stereocenters. The highest BCUT2D eigenvalue weighted by atomic mass is 35.5. The summed E-state index contributed by atoms with van der Waals surface area (Å²) in [6.45, 7) is 2.54. The Labute approximate surface area is 179 Å². The molecule has 3 rings (SSSR count). The van der Waals surface area contributed by atoms with Gasteiger partial charge in [-0.05, 0) is 49.8 Å². The van der Waals surface area contributed by atoms with Crippen molar-refractivity contribution in [2.24, 2.45) is 0 Å². The van der Waals surface area contributed by atoms with Gasteiger partial charge in [0.05, 0.1) is 31.5 Å². The normalized spacial score (nSPS) is 25.4. The molecule has 1 heterocycles. The quantitative estimate of drug-likeness (QED) is 0.625.